The van der Waals surface area contributed by atoms with Crippen molar-refractivity contribution in [1.82, 2.24) is 19.9 Å². The average molecular weight is 343 g/mol. The molecule has 0 radical (unpaired) electrons. The number of nitrogens with zero attached hydrogens (tertiary/aromatic N) is 4. The molecule has 0 spiro atoms. The molecule has 1 atom stereocenters. The third kappa shape index (κ3) is 2.46. The van der Waals surface area contributed by atoms with Gasteiger partial charge in [0.05, 0.1) is 5.02 Å². The Balaban J connectivity index is 1.77. The smallest absolute Gasteiger partial charge is 0.240 e. The third-order valence-electron chi connectivity index (χ3n) is 4.25. The molecule has 3 aromatic rings. The van der Waals surface area contributed by atoms with Crippen LogP contribution in [0.3, 0.4) is 0 Å². The quantitative estimate of drug-likeness (QED) is 0.759. The van der Waals surface area contributed by atoms with Gasteiger partial charge < -0.3 is 15.6 Å². The Hall–Kier alpha value is -2.67. The number of carbonyl (C=O) groups excluding carboxylic acids is 1. The van der Waals surface area contributed by atoms with E-state index in [0.717, 1.165) is 36.0 Å². The second-order valence-electron chi connectivity index (χ2n) is 5.74. The molecule has 1 amide bonds. The third-order valence-corrected chi connectivity index (χ3v) is 4.46. The summed E-state index contributed by atoms with van der Waals surface area (Å²) in [5.74, 6) is 0.930. The number of carbonyl (C=O) groups is 1. The van der Waals surface area contributed by atoms with Crippen LogP contribution in [0.25, 0.3) is 22.4 Å². The van der Waals surface area contributed by atoms with Gasteiger partial charge in [-0.2, -0.15) is 0 Å². The first-order valence-electron chi connectivity index (χ1n) is 7.65. The van der Waals surface area contributed by atoms with Crippen molar-refractivity contribution in [2.45, 2.75) is 18.9 Å². The number of hydrogen-bond donors (Lipinski definition) is 2. The molecule has 1 saturated heterocycles. The van der Waals surface area contributed by atoms with Crippen LogP contribution in [0, 0.1) is 0 Å². The van der Waals surface area contributed by atoms with Gasteiger partial charge in [-0.15, -0.1) is 0 Å². The zero-order chi connectivity index (χ0) is 16.7. The molecule has 0 aliphatic carbocycles. The molecule has 3 N–H and O–H groups in total. The van der Waals surface area contributed by atoms with Crippen molar-refractivity contribution in [2.75, 3.05) is 11.4 Å². The molecule has 4 rings (SSSR count). The highest BCUT2D eigenvalue weighted by molar-refractivity contribution is 6.31. The van der Waals surface area contributed by atoms with E-state index in [1.807, 2.05) is 17.2 Å². The largest absolute Gasteiger partial charge is 0.368 e. The van der Waals surface area contributed by atoms with E-state index < -0.39 is 0 Å². The monoisotopic (exact) mass is 342 g/mol. The van der Waals surface area contributed by atoms with Crippen LogP contribution in [-0.4, -0.2) is 38.4 Å². The van der Waals surface area contributed by atoms with E-state index in [2.05, 4.69) is 19.9 Å². The van der Waals surface area contributed by atoms with E-state index in [9.17, 15) is 4.79 Å². The molecule has 0 saturated carbocycles. The van der Waals surface area contributed by atoms with Gasteiger partial charge in [-0.1, -0.05) is 11.6 Å². The van der Waals surface area contributed by atoms with Crippen molar-refractivity contribution in [3.05, 3.63) is 35.7 Å². The number of rotatable bonds is 3. The van der Waals surface area contributed by atoms with Gasteiger partial charge in [0, 0.05) is 36.1 Å². The predicted octanol–water partition coefficient (Wildman–Crippen LogP) is 2.13. The zero-order valence-electron chi connectivity index (χ0n) is 12.7. The molecular weight excluding hydrogens is 328 g/mol. The predicted molar refractivity (Wildman–Crippen MR) is 91.7 cm³/mol. The average Bonchev–Trinajstić information content (AvgIpc) is 3.21. The Labute approximate surface area is 142 Å². The van der Waals surface area contributed by atoms with E-state index in [1.54, 1.807) is 18.5 Å². The van der Waals surface area contributed by atoms with Gasteiger partial charge in [-0.05, 0) is 25.0 Å². The highest BCUT2D eigenvalue weighted by Gasteiger charge is 2.30. The maximum atomic E-state index is 11.6. The van der Waals surface area contributed by atoms with Gasteiger partial charge >= 0.3 is 0 Å². The van der Waals surface area contributed by atoms with Crippen molar-refractivity contribution < 1.29 is 4.79 Å². The molecule has 7 nitrogen and oxygen atoms in total. The summed E-state index contributed by atoms with van der Waals surface area (Å²) in [6.07, 6.45) is 6.75. The van der Waals surface area contributed by atoms with Crippen LogP contribution in [0.5, 0.6) is 0 Å². The number of nitrogens with one attached hydrogen (secondary N) is 1. The number of nitrogens with two attached hydrogens (primary N) is 1. The maximum Gasteiger partial charge on any atom is 0.240 e. The first kappa shape index (κ1) is 14.9. The molecule has 1 aliphatic heterocycles. The first-order chi connectivity index (χ1) is 11.6. The lowest BCUT2D eigenvalue weighted by atomic mass is 10.2. The van der Waals surface area contributed by atoms with Crippen LogP contribution < -0.4 is 10.6 Å². The topological polar surface area (TPSA) is 101 Å². The van der Waals surface area contributed by atoms with Gasteiger partial charge in [0.1, 0.15) is 17.5 Å². The normalized spacial score (nSPS) is 17.5. The van der Waals surface area contributed by atoms with E-state index in [1.165, 1.54) is 0 Å². The number of hydrogen-bond acceptors (Lipinski definition) is 5. The van der Waals surface area contributed by atoms with Gasteiger partial charge in [0.2, 0.25) is 5.91 Å². The van der Waals surface area contributed by atoms with Gasteiger partial charge in [0.15, 0.2) is 5.82 Å². The van der Waals surface area contributed by atoms with Gasteiger partial charge in [-0.25, -0.2) is 15.0 Å². The van der Waals surface area contributed by atoms with Crippen LogP contribution in [0.4, 0.5) is 5.82 Å². The molecule has 8 heteroatoms. The molecule has 1 fully saturated rings. The van der Waals surface area contributed by atoms with Crippen molar-refractivity contribution in [3.63, 3.8) is 0 Å². The van der Waals surface area contributed by atoms with Crippen molar-refractivity contribution >= 4 is 34.4 Å². The summed E-state index contributed by atoms with van der Waals surface area (Å²) in [7, 11) is 0. The Morgan fingerprint density at radius 3 is 3.12 bits per heavy atom. The Bertz CT molecular complexity index is 924. The molecule has 3 aromatic heterocycles. The number of halogens is 1. The van der Waals surface area contributed by atoms with Crippen LogP contribution in [0.2, 0.25) is 5.02 Å². The summed E-state index contributed by atoms with van der Waals surface area (Å²) >= 11 is 6.05. The number of aromatic amines is 1. The summed E-state index contributed by atoms with van der Waals surface area (Å²) in [5, 5.41) is 1.40. The van der Waals surface area contributed by atoms with Gasteiger partial charge in [-0.3, -0.25) is 4.79 Å². The standard InChI is InChI=1S/C16H15ClN6O/c17-9-6-10-11(8-21-15(10)20-7-9)16-19-4-3-13(22-16)23-5-1-2-12(23)14(18)24/h3-4,6-8,12H,1-2,5H2,(H2,18,24)(H,20,21)/t12-/m1/s1. The molecule has 1 aliphatic rings. The minimum atomic E-state index is -0.323. The minimum Gasteiger partial charge on any atom is -0.368 e. The summed E-state index contributed by atoms with van der Waals surface area (Å²) in [5.41, 5.74) is 7.04. The highest BCUT2D eigenvalue weighted by atomic mass is 35.5. The number of amides is 1. The number of aromatic nitrogens is 4. The number of pyridine rings is 1. The second-order valence-corrected chi connectivity index (χ2v) is 6.18. The lowest BCUT2D eigenvalue weighted by Crippen LogP contribution is -2.40. The summed E-state index contributed by atoms with van der Waals surface area (Å²) in [6, 6.07) is 3.31. The van der Waals surface area contributed by atoms with Crippen LogP contribution in [-0.2, 0) is 4.79 Å². The molecule has 0 bridgehead atoms. The van der Waals surface area contributed by atoms with Gasteiger partial charge in [0.25, 0.3) is 0 Å². The fourth-order valence-electron chi connectivity index (χ4n) is 3.14. The van der Waals surface area contributed by atoms with Crippen LogP contribution in [0.15, 0.2) is 30.7 Å². The fourth-order valence-corrected chi connectivity index (χ4v) is 3.30. The Morgan fingerprint density at radius 1 is 1.42 bits per heavy atom. The number of H-pyrrole nitrogens is 1. The molecule has 4 heterocycles. The highest BCUT2D eigenvalue weighted by Crippen LogP contribution is 2.29. The zero-order valence-corrected chi connectivity index (χ0v) is 13.5. The minimum absolute atomic E-state index is 0.313. The van der Waals surface area contributed by atoms with Crippen LogP contribution in [0.1, 0.15) is 12.8 Å². The van der Waals surface area contributed by atoms with Crippen molar-refractivity contribution in [2.24, 2.45) is 5.73 Å². The SMILES string of the molecule is NC(=O)[C@H]1CCCN1c1ccnc(-c2c[nH]c3ncc(Cl)cc23)n1. The second kappa shape index (κ2) is 5.76. The lowest BCUT2D eigenvalue weighted by molar-refractivity contribution is -0.119. The van der Waals surface area contributed by atoms with E-state index in [0.29, 0.717) is 16.7 Å². The first-order valence-corrected chi connectivity index (χ1v) is 8.03. The molecule has 122 valence electrons. The number of fused-ring (bicyclic) bond motifs is 1. The Morgan fingerprint density at radius 2 is 2.29 bits per heavy atom. The van der Waals surface area contributed by atoms with Crippen LogP contribution >= 0.6 is 11.6 Å². The number of anilines is 1. The fraction of sp³-hybridized carbons (Fsp3) is 0.250. The Kier molecular flexibility index (Phi) is 3.57. The molecule has 24 heavy (non-hydrogen) atoms. The molecule has 0 aromatic carbocycles. The molecule has 0 unspecified atom stereocenters. The summed E-state index contributed by atoms with van der Waals surface area (Å²) in [4.78, 5) is 29.9. The maximum absolute atomic E-state index is 11.6. The van der Waals surface area contributed by atoms with E-state index in [-0.39, 0.29) is 11.9 Å². The van der Waals surface area contributed by atoms with Crippen molar-refractivity contribution in [1.29, 1.82) is 0 Å². The lowest BCUT2D eigenvalue weighted by Gasteiger charge is -2.23. The van der Waals surface area contributed by atoms with E-state index >= 15 is 0 Å². The molecular formula is C16H15ClN6O. The summed E-state index contributed by atoms with van der Waals surface area (Å²) in [6.45, 7) is 0.755. The number of primary amides is 1. The summed E-state index contributed by atoms with van der Waals surface area (Å²) < 4.78 is 0. The van der Waals surface area contributed by atoms with Crippen molar-refractivity contribution in [3.8, 4) is 11.4 Å². The van der Waals surface area contributed by atoms with E-state index in [4.69, 9.17) is 17.3 Å².